The van der Waals surface area contributed by atoms with E-state index in [-0.39, 0.29) is 0 Å². The highest BCUT2D eigenvalue weighted by molar-refractivity contribution is 5.60. The molecule has 0 fully saturated rings. The van der Waals surface area contributed by atoms with Gasteiger partial charge in [-0.1, -0.05) is 49.2 Å². The maximum atomic E-state index is 3.70. The van der Waals surface area contributed by atoms with E-state index in [4.69, 9.17) is 0 Å². The normalized spacial score (nSPS) is 16.6. The number of anilines is 1. The van der Waals surface area contributed by atoms with Crippen molar-refractivity contribution >= 4 is 5.69 Å². The van der Waals surface area contributed by atoms with Crippen molar-refractivity contribution < 1.29 is 0 Å². The Hall–Kier alpha value is -1.76. The molecule has 0 saturated heterocycles. The Morgan fingerprint density at radius 2 is 1.95 bits per heavy atom. The summed E-state index contributed by atoms with van der Waals surface area (Å²) in [6, 6.07) is 14.2. The number of nitrogens with one attached hydrogen (secondary N) is 1. The summed E-state index contributed by atoms with van der Waals surface area (Å²) in [6.07, 6.45) is 4.87. The van der Waals surface area contributed by atoms with Gasteiger partial charge in [0.15, 0.2) is 0 Å². The highest BCUT2D eigenvalue weighted by Gasteiger charge is 2.23. The topological polar surface area (TPSA) is 12.0 Å². The number of rotatable bonds is 4. The molecular weight excluding hydrogens is 254 g/mol. The van der Waals surface area contributed by atoms with Crippen LogP contribution in [0.25, 0.3) is 0 Å². The van der Waals surface area contributed by atoms with Crippen LogP contribution < -0.4 is 5.32 Å². The monoisotopic (exact) mass is 279 g/mol. The molecule has 3 rings (SSSR count). The van der Waals surface area contributed by atoms with E-state index in [1.54, 1.807) is 0 Å². The zero-order valence-electron chi connectivity index (χ0n) is 13.4. The molecule has 1 aliphatic heterocycles. The van der Waals surface area contributed by atoms with Crippen molar-refractivity contribution in [3.05, 3.63) is 64.2 Å². The van der Waals surface area contributed by atoms with Gasteiger partial charge in [0, 0.05) is 5.69 Å². The van der Waals surface area contributed by atoms with Gasteiger partial charge in [0.05, 0.1) is 6.04 Å². The van der Waals surface area contributed by atoms with Gasteiger partial charge in [0.2, 0.25) is 0 Å². The quantitative estimate of drug-likeness (QED) is 0.795. The van der Waals surface area contributed by atoms with E-state index in [2.05, 4.69) is 62.5 Å². The van der Waals surface area contributed by atoms with Gasteiger partial charge in [-0.25, -0.2) is 0 Å². The van der Waals surface area contributed by atoms with Gasteiger partial charge in [0.1, 0.15) is 0 Å². The number of hydrogen-bond acceptors (Lipinski definition) is 1. The summed E-state index contributed by atoms with van der Waals surface area (Å²) in [5.74, 6) is 0. The average molecular weight is 279 g/mol. The van der Waals surface area contributed by atoms with Crippen molar-refractivity contribution in [1.29, 1.82) is 0 Å². The lowest BCUT2D eigenvalue weighted by molar-refractivity contribution is 0.791. The van der Waals surface area contributed by atoms with E-state index in [0.717, 1.165) is 6.42 Å². The van der Waals surface area contributed by atoms with Crippen molar-refractivity contribution in [1.82, 2.24) is 0 Å². The van der Waals surface area contributed by atoms with E-state index in [9.17, 15) is 0 Å². The fraction of sp³-hybridized carbons (Fsp3) is 0.400. The van der Waals surface area contributed by atoms with Crippen LogP contribution in [0.2, 0.25) is 0 Å². The third kappa shape index (κ3) is 2.97. The molecule has 0 radical (unpaired) electrons. The molecule has 0 spiro atoms. The van der Waals surface area contributed by atoms with Gasteiger partial charge in [0.25, 0.3) is 0 Å². The molecule has 0 saturated carbocycles. The van der Waals surface area contributed by atoms with Crippen LogP contribution in [-0.4, -0.2) is 0 Å². The highest BCUT2D eigenvalue weighted by Crippen LogP contribution is 2.36. The summed E-state index contributed by atoms with van der Waals surface area (Å²) >= 11 is 0. The van der Waals surface area contributed by atoms with Gasteiger partial charge < -0.3 is 5.32 Å². The first-order valence-corrected chi connectivity index (χ1v) is 8.13. The molecule has 0 bridgehead atoms. The maximum Gasteiger partial charge on any atom is 0.0557 e. The Bertz CT molecular complexity index is 642. The lowest BCUT2D eigenvalue weighted by atomic mass is 9.96. The van der Waals surface area contributed by atoms with Crippen LogP contribution >= 0.6 is 0 Å². The number of fused-ring (bicyclic) bond motifs is 1. The van der Waals surface area contributed by atoms with Crippen LogP contribution in [0.1, 0.15) is 53.6 Å². The number of benzene rings is 2. The summed E-state index contributed by atoms with van der Waals surface area (Å²) in [5, 5.41) is 3.70. The lowest BCUT2D eigenvalue weighted by Gasteiger charge is -2.15. The van der Waals surface area contributed by atoms with Crippen LogP contribution in [0, 0.1) is 13.8 Å². The van der Waals surface area contributed by atoms with Crippen LogP contribution in [-0.2, 0) is 12.8 Å². The Morgan fingerprint density at radius 3 is 2.76 bits per heavy atom. The molecule has 2 aromatic rings. The third-order valence-corrected chi connectivity index (χ3v) is 4.55. The Kier molecular flexibility index (Phi) is 4.01. The summed E-state index contributed by atoms with van der Waals surface area (Å²) in [5.41, 5.74) is 8.46. The molecule has 1 atom stereocenters. The fourth-order valence-corrected chi connectivity index (χ4v) is 3.27. The van der Waals surface area contributed by atoms with Crippen molar-refractivity contribution in [3.63, 3.8) is 0 Å². The first-order chi connectivity index (χ1) is 10.2. The first kappa shape index (κ1) is 14.2. The molecule has 1 heterocycles. The van der Waals surface area contributed by atoms with Gasteiger partial charge in [-0.3, -0.25) is 0 Å². The average Bonchev–Trinajstić information content (AvgIpc) is 2.90. The summed E-state index contributed by atoms with van der Waals surface area (Å²) in [4.78, 5) is 0. The van der Waals surface area contributed by atoms with E-state index in [1.807, 2.05) is 0 Å². The minimum Gasteiger partial charge on any atom is -0.378 e. The standard InChI is InChI=1S/C20H25N/c1-4-5-6-16-9-10-19-17(12-16)13-20(21-19)18-11-14(2)7-8-15(18)3/h7-12,20-21H,4-6,13H2,1-3H3. The summed E-state index contributed by atoms with van der Waals surface area (Å²) < 4.78 is 0. The fourth-order valence-electron chi connectivity index (χ4n) is 3.27. The van der Waals surface area contributed by atoms with Crippen molar-refractivity contribution in [2.24, 2.45) is 0 Å². The summed E-state index contributed by atoms with van der Waals surface area (Å²) in [7, 11) is 0. The molecule has 21 heavy (non-hydrogen) atoms. The second-order valence-electron chi connectivity index (χ2n) is 6.36. The largest absolute Gasteiger partial charge is 0.378 e. The van der Waals surface area contributed by atoms with Gasteiger partial charge >= 0.3 is 0 Å². The maximum absolute atomic E-state index is 3.70. The van der Waals surface area contributed by atoms with Gasteiger partial charge in [-0.05, 0) is 61.4 Å². The Balaban J connectivity index is 1.82. The number of hydrogen-bond donors (Lipinski definition) is 1. The van der Waals surface area contributed by atoms with Gasteiger partial charge in [-0.15, -0.1) is 0 Å². The Labute approximate surface area is 128 Å². The van der Waals surface area contributed by atoms with Crippen molar-refractivity contribution in [2.45, 2.75) is 52.5 Å². The molecule has 110 valence electrons. The highest BCUT2D eigenvalue weighted by atomic mass is 14.9. The molecular formula is C20H25N. The summed E-state index contributed by atoms with van der Waals surface area (Å²) in [6.45, 7) is 6.64. The molecule has 1 unspecified atom stereocenters. The number of unbranched alkanes of at least 4 members (excludes halogenated alkanes) is 1. The minimum absolute atomic E-state index is 0.432. The van der Waals surface area contributed by atoms with Crippen molar-refractivity contribution in [3.8, 4) is 0 Å². The van der Waals surface area contributed by atoms with E-state index >= 15 is 0 Å². The molecule has 1 nitrogen and oxygen atoms in total. The van der Waals surface area contributed by atoms with Crippen LogP contribution in [0.15, 0.2) is 36.4 Å². The van der Waals surface area contributed by atoms with Crippen LogP contribution in [0.5, 0.6) is 0 Å². The molecule has 1 aliphatic rings. The van der Waals surface area contributed by atoms with Crippen molar-refractivity contribution in [2.75, 3.05) is 5.32 Å². The second kappa shape index (κ2) is 5.93. The smallest absolute Gasteiger partial charge is 0.0557 e. The van der Waals surface area contributed by atoms with Crippen LogP contribution in [0.4, 0.5) is 5.69 Å². The molecule has 1 heteroatoms. The minimum atomic E-state index is 0.432. The molecule has 0 aromatic heterocycles. The van der Waals surface area contributed by atoms with E-state index in [1.165, 1.54) is 52.8 Å². The van der Waals surface area contributed by atoms with E-state index in [0.29, 0.717) is 6.04 Å². The molecule has 0 amide bonds. The zero-order chi connectivity index (χ0) is 14.8. The Morgan fingerprint density at radius 1 is 1.10 bits per heavy atom. The number of aryl methyl sites for hydroxylation is 3. The predicted molar refractivity (Wildman–Crippen MR) is 91.0 cm³/mol. The first-order valence-electron chi connectivity index (χ1n) is 8.13. The molecule has 1 N–H and O–H groups in total. The SMILES string of the molecule is CCCCc1ccc2c(c1)CC(c1cc(C)ccc1C)N2. The predicted octanol–water partition coefficient (Wildman–Crippen LogP) is 5.36. The van der Waals surface area contributed by atoms with Crippen LogP contribution in [0.3, 0.4) is 0 Å². The van der Waals surface area contributed by atoms with E-state index < -0.39 is 0 Å². The van der Waals surface area contributed by atoms with Gasteiger partial charge in [-0.2, -0.15) is 0 Å². The molecule has 2 aromatic carbocycles. The third-order valence-electron chi connectivity index (χ3n) is 4.55. The second-order valence-corrected chi connectivity index (χ2v) is 6.36. The lowest BCUT2D eigenvalue weighted by Crippen LogP contribution is -2.07. The zero-order valence-corrected chi connectivity index (χ0v) is 13.4. The molecule has 0 aliphatic carbocycles.